The van der Waals surface area contributed by atoms with Crippen LogP contribution in [0.2, 0.25) is 5.02 Å². The van der Waals surface area contributed by atoms with Gasteiger partial charge in [0.1, 0.15) is 0 Å². The zero-order valence-electron chi connectivity index (χ0n) is 12.1. The summed E-state index contributed by atoms with van der Waals surface area (Å²) in [5.41, 5.74) is 1.13. The molecule has 1 aromatic rings. The molecule has 0 aliphatic rings. The van der Waals surface area contributed by atoms with E-state index in [4.69, 9.17) is 11.6 Å². The number of hydrogen-bond acceptors (Lipinski definition) is 3. The molecule has 0 aromatic heterocycles. The van der Waals surface area contributed by atoms with E-state index in [9.17, 15) is 5.11 Å². The van der Waals surface area contributed by atoms with Gasteiger partial charge in [-0.2, -0.15) is 0 Å². The smallest absolute Gasteiger partial charge is 0.0631 e. The number of benzene rings is 1. The second-order valence-electron chi connectivity index (χ2n) is 5.30. The number of hydrogen-bond donors (Lipinski definition) is 2. The highest BCUT2D eigenvalue weighted by molar-refractivity contribution is 8.00. The van der Waals surface area contributed by atoms with Crippen LogP contribution in [0.25, 0.3) is 0 Å². The van der Waals surface area contributed by atoms with E-state index in [1.807, 2.05) is 26.0 Å². The highest BCUT2D eigenvalue weighted by Gasteiger charge is 2.14. The Morgan fingerprint density at radius 3 is 2.53 bits per heavy atom. The van der Waals surface area contributed by atoms with Crippen LogP contribution in [0.3, 0.4) is 0 Å². The molecule has 0 saturated heterocycles. The molecule has 0 fully saturated rings. The lowest BCUT2D eigenvalue weighted by molar-refractivity contribution is 0.196. The molecule has 1 rings (SSSR count). The molecule has 0 amide bonds. The lowest BCUT2D eigenvalue weighted by Crippen LogP contribution is -2.20. The van der Waals surface area contributed by atoms with Crippen LogP contribution in [-0.4, -0.2) is 23.0 Å². The van der Waals surface area contributed by atoms with Gasteiger partial charge in [0.05, 0.1) is 6.10 Å². The van der Waals surface area contributed by atoms with Crippen LogP contribution in [0.5, 0.6) is 0 Å². The molecule has 4 heteroatoms. The van der Waals surface area contributed by atoms with Gasteiger partial charge in [0, 0.05) is 21.7 Å². The first-order valence-corrected chi connectivity index (χ1v) is 8.00. The summed E-state index contributed by atoms with van der Waals surface area (Å²) in [5.74, 6) is 0.620. The van der Waals surface area contributed by atoms with Crippen molar-refractivity contribution in [3.05, 3.63) is 28.8 Å². The summed E-state index contributed by atoms with van der Waals surface area (Å²) >= 11 is 7.97. The Kier molecular flexibility index (Phi) is 7.22. The molecule has 0 heterocycles. The van der Waals surface area contributed by atoms with E-state index >= 15 is 0 Å². The molecular formula is C15H24ClNOS. The number of nitrogens with one attached hydrogen (secondary N) is 1. The summed E-state index contributed by atoms with van der Waals surface area (Å²) in [6.45, 7) is 9.96. The molecule has 0 spiro atoms. The number of rotatable bonds is 7. The Morgan fingerprint density at radius 2 is 1.95 bits per heavy atom. The van der Waals surface area contributed by atoms with Gasteiger partial charge >= 0.3 is 0 Å². The van der Waals surface area contributed by atoms with Crippen molar-refractivity contribution in [3.63, 3.8) is 0 Å². The third-order valence-corrected chi connectivity index (χ3v) is 4.68. The molecule has 0 radical (unpaired) electrons. The summed E-state index contributed by atoms with van der Waals surface area (Å²) in [7, 11) is 0. The molecule has 2 unspecified atom stereocenters. The van der Waals surface area contributed by atoms with Crippen LogP contribution in [0.1, 0.15) is 33.3 Å². The zero-order valence-corrected chi connectivity index (χ0v) is 13.7. The third-order valence-electron chi connectivity index (χ3n) is 2.92. The fourth-order valence-electron chi connectivity index (χ4n) is 1.61. The van der Waals surface area contributed by atoms with Crippen molar-refractivity contribution >= 4 is 23.4 Å². The minimum absolute atomic E-state index is 0.155. The van der Waals surface area contributed by atoms with Crippen LogP contribution < -0.4 is 5.32 Å². The van der Waals surface area contributed by atoms with E-state index in [1.54, 1.807) is 11.8 Å². The second-order valence-corrected chi connectivity index (χ2v) is 7.13. The van der Waals surface area contributed by atoms with Gasteiger partial charge in [-0.25, -0.2) is 0 Å². The first-order chi connectivity index (χ1) is 8.91. The SMILES string of the molecule is CC(C)CNCc1c(Cl)cccc1SC(C)C(C)O. The molecule has 1 aromatic carbocycles. The Morgan fingerprint density at radius 1 is 1.26 bits per heavy atom. The lowest BCUT2D eigenvalue weighted by Gasteiger charge is -2.18. The molecular weight excluding hydrogens is 278 g/mol. The molecule has 2 N–H and O–H groups in total. The summed E-state index contributed by atoms with van der Waals surface area (Å²) < 4.78 is 0. The summed E-state index contributed by atoms with van der Waals surface area (Å²) in [6.07, 6.45) is -0.333. The summed E-state index contributed by atoms with van der Waals surface area (Å²) in [4.78, 5) is 1.15. The summed E-state index contributed by atoms with van der Waals surface area (Å²) in [6, 6.07) is 5.96. The average Bonchev–Trinajstić information content (AvgIpc) is 2.32. The molecule has 0 saturated carbocycles. The van der Waals surface area contributed by atoms with Gasteiger partial charge in [0.25, 0.3) is 0 Å². The summed E-state index contributed by atoms with van der Waals surface area (Å²) in [5, 5.41) is 14.0. The predicted molar refractivity (Wildman–Crippen MR) is 85.0 cm³/mol. The highest BCUT2D eigenvalue weighted by Crippen LogP contribution is 2.32. The van der Waals surface area contributed by atoms with Crippen LogP contribution in [-0.2, 0) is 6.54 Å². The normalized spacial score (nSPS) is 14.7. The largest absolute Gasteiger partial charge is 0.392 e. The maximum absolute atomic E-state index is 9.62. The quantitative estimate of drug-likeness (QED) is 0.748. The number of thioether (sulfide) groups is 1. The van der Waals surface area contributed by atoms with Crippen molar-refractivity contribution in [2.24, 2.45) is 5.92 Å². The number of aliphatic hydroxyl groups excluding tert-OH is 1. The molecule has 19 heavy (non-hydrogen) atoms. The van der Waals surface area contributed by atoms with E-state index in [2.05, 4.69) is 25.2 Å². The van der Waals surface area contributed by atoms with Crippen LogP contribution in [0, 0.1) is 5.92 Å². The maximum atomic E-state index is 9.62. The van der Waals surface area contributed by atoms with Crippen molar-refractivity contribution in [1.82, 2.24) is 5.32 Å². The second kappa shape index (κ2) is 8.15. The Bertz CT molecular complexity index is 396. The standard InChI is InChI=1S/C15H24ClNOS/c1-10(2)8-17-9-13-14(16)6-5-7-15(13)19-12(4)11(3)18/h5-7,10-12,17-18H,8-9H2,1-4H3. The van der Waals surface area contributed by atoms with E-state index < -0.39 is 0 Å². The molecule has 108 valence electrons. The fraction of sp³-hybridized carbons (Fsp3) is 0.600. The van der Waals surface area contributed by atoms with Crippen molar-refractivity contribution in [3.8, 4) is 0 Å². The van der Waals surface area contributed by atoms with Crippen molar-refractivity contribution in [2.45, 2.75) is 50.5 Å². The van der Waals surface area contributed by atoms with E-state index in [0.717, 1.165) is 28.6 Å². The van der Waals surface area contributed by atoms with Gasteiger partial charge in [-0.15, -0.1) is 11.8 Å². The maximum Gasteiger partial charge on any atom is 0.0631 e. The van der Waals surface area contributed by atoms with Gasteiger partial charge < -0.3 is 10.4 Å². The molecule has 2 nitrogen and oxygen atoms in total. The first kappa shape index (κ1) is 16.8. The topological polar surface area (TPSA) is 32.3 Å². The third kappa shape index (κ3) is 5.74. The van der Waals surface area contributed by atoms with Crippen LogP contribution in [0.15, 0.2) is 23.1 Å². The van der Waals surface area contributed by atoms with E-state index in [-0.39, 0.29) is 11.4 Å². The molecule has 0 aliphatic heterocycles. The van der Waals surface area contributed by atoms with Gasteiger partial charge in [-0.1, -0.05) is 38.4 Å². The Hall–Kier alpha value is -0.220. The highest BCUT2D eigenvalue weighted by atomic mass is 35.5. The fourth-order valence-corrected chi connectivity index (χ4v) is 2.98. The average molecular weight is 302 g/mol. The minimum Gasteiger partial charge on any atom is -0.392 e. The van der Waals surface area contributed by atoms with Gasteiger partial charge in [-0.3, -0.25) is 0 Å². The number of aliphatic hydroxyl groups is 1. The predicted octanol–water partition coefficient (Wildman–Crippen LogP) is 3.95. The number of halogens is 1. The first-order valence-electron chi connectivity index (χ1n) is 6.74. The molecule has 0 aliphatic carbocycles. The molecule has 0 bridgehead atoms. The lowest BCUT2D eigenvalue weighted by atomic mass is 10.2. The van der Waals surface area contributed by atoms with E-state index in [0.29, 0.717) is 5.92 Å². The van der Waals surface area contributed by atoms with Gasteiger partial charge in [0.2, 0.25) is 0 Å². The van der Waals surface area contributed by atoms with Crippen molar-refractivity contribution in [1.29, 1.82) is 0 Å². The van der Waals surface area contributed by atoms with Gasteiger partial charge in [0.15, 0.2) is 0 Å². The van der Waals surface area contributed by atoms with Crippen molar-refractivity contribution < 1.29 is 5.11 Å². The minimum atomic E-state index is -0.333. The van der Waals surface area contributed by atoms with Crippen LogP contribution >= 0.6 is 23.4 Å². The Labute approximate surface area is 125 Å². The molecule has 2 atom stereocenters. The van der Waals surface area contributed by atoms with Crippen LogP contribution in [0.4, 0.5) is 0 Å². The zero-order chi connectivity index (χ0) is 14.4. The van der Waals surface area contributed by atoms with E-state index in [1.165, 1.54) is 0 Å². The Balaban J connectivity index is 2.77. The van der Waals surface area contributed by atoms with Crippen molar-refractivity contribution in [2.75, 3.05) is 6.54 Å². The monoisotopic (exact) mass is 301 g/mol. The van der Waals surface area contributed by atoms with Gasteiger partial charge in [-0.05, 0) is 37.1 Å².